The van der Waals surface area contributed by atoms with Crippen LogP contribution in [0.3, 0.4) is 0 Å². The largest absolute Gasteiger partial charge is 0.344 e. The predicted molar refractivity (Wildman–Crippen MR) is 91.1 cm³/mol. The van der Waals surface area contributed by atoms with Crippen molar-refractivity contribution in [2.45, 2.75) is 32.2 Å². The highest BCUT2D eigenvalue weighted by atomic mass is 35.5. The van der Waals surface area contributed by atoms with Gasteiger partial charge in [0.25, 0.3) is 5.91 Å². The predicted octanol–water partition coefficient (Wildman–Crippen LogP) is 2.88. The lowest BCUT2D eigenvalue weighted by molar-refractivity contribution is 0.0890. The molecule has 5 nitrogen and oxygen atoms in total. The average molecular weight is 341 g/mol. The van der Waals surface area contributed by atoms with E-state index < -0.39 is 5.54 Å². The van der Waals surface area contributed by atoms with Gasteiger partial charge in [-0.15, -0.1) is 12.4 Å². The van der Waals surface area contributed by atoms with Gasteiger partial charge in [0.15, 0.2) is 0 Å². The summed E-state index contributed by atoms with van der Waals surface area (Å²) in [6.07, 6.45) is 1.51. The molecule has 1 aromatic heterocycles. The molecule has 4 N–H and O–H groups in total. The van der Waals surface area contributed by atoms with Gasteiger partial charge in [-0.3, -0.25) is 9.89 Å². The first kappa shape index (κ1) is 19.1. The lowest BCUT2D eigenvalue weighted by Crippen LogP contribution is -2.52. The second-order valence-corrected chi connectivity index (χ2v) is 5.32. The van der Waals surface area contributed by atoms with Gasteiger partial charge in [0.1, 0.15) is 11.5 Å². The van der Waals surface area contributed by atoms with Gasteiger partial charge >= 0.3 is 0 Å². The number of hydrogen-bond donors (Lipinski definition) is 3. The van der Waals surface area contributed by atoms with Crippen LogP contribution in [0.4, 0.5) is 4.39 Å². The van der Waals surface area contributed by atoms with Gasteiger partial charge in [0, 0.05) is 12.1 Å². The van der Waals surface area contributed by atoms with Gasteiger partial charge in [0.2, 0.25) is 0 Å². The number of amides is 1. The molecule has 2 rings (SSSR count). The summed E-state index contributed by atoms with van der Waals surface area (Å²) in [5, 5.41) is 9.80. The molecule has 1 amide bonds. The number of carbonyl (C=O) groups excluding carboxylic acids is 1. The van der Waals surface area contributed by atoms with Crippen LogP contribution in [-0.2, 0) is 0 Å². The summed E-state index contributed by atoms with van der Waals surface area (Å²) in [5.41, 5.74) is 7.08. The Balaban J connectivity index is 0.00000264. The van der Waals surface area contributed by atoms with Gasteiger partial charge in [-0.25, -0.2) is 4.39 Å². The second-order valence-electron chi connectivity index (χ2n) is 5.32. The Morgan fingerprint density at radius 2 is 1.91 bits per heavy atom. The van der Waals surface area contributed by atoms with Gasteiger partial charge < -0.3 is 11.1 Å². The quantitative estimate of drug-likeness (QED) is 0.756. The topological polar surface area (TPSA) is 83.8 Å². The van der Waals surface area contributed by atoms with Crippen LogP contribution in [0.25, 0.3) is 11.3 Å². The number of halogens is 2. The standard InChI is InChI=1S/C16H21FN4O.ClH/c1-3-16(4-2,10-18)19-15(22)14-9-13(20-21-14)11-5-7-12(17)8-6-11;/h5-9H,3-4,10,18H2,1-2H3,(H,19,22)(H,20,21);1H. The molecule has 0 bridgehead atoms. The van der Waals surface area contributed by atoms with E-state index in [1.54, 1.807) is 18.2 Å². The van der Waals surface area contributed by atoms with Gasteiger partial charge in [-0.1, -0.05) is 13.8 Å². The first-order valence-corrected chi connectivity index (χ1v) is 7.37. The number of nitrogens with one attached hydrogen (secondary N) is 2. The fraction of sp³-hybridized carbons (Fsp3) is 0.375. The van der Waals surface area contributed by atoms with Crippen LogP contribution in [-0.4, -0.2) is 28.2 Å². The van der Waals surface area contributed by atoms with Crippen LogP contribution in [0, 0.1) is 5.82 Å². The number of nitrogens with two attached hydrogens (primary N) is 1. The van der Waals surface area contributed by atoms with Gasteiger partial charge in [0.05, 0.1) is 11.2 Å². The Morgan fingerprint density at radius 3 is 2.43 bits per heavy atom. The van der Waals surface area contributed by atoms with Crippen molar-refractivity contribution in [3.63, 3.8) is 0 Å². The van der Waals surface area contributed by atoms with Crippen molar-refractivity contribution >= 4 is 18.3 Å². The molecule has 0 saturated heterocycles. The van der Waals surface area contributed by atoms with Crippen molar-refractivity contribution in [2.24, 2.45) is 5.73 Å². The fourth-order valence-corrected chi connectivity index (χ4v) is 2.28. The van der Waals surface area contributed by atoms with Crippen LogP contribution in [0.2, 0.25) is 0 Å². The van der Waals surface area contributed by atoms with E-state index in [9.17, 15) is 9.18 Å². The molecule has 1 aromatic carbocycles. The molecule has 0 aliphatic carbocycles. The monoisotopic (exact) mass is 340 g/mol. The van der Waals surface area contributed by atoms with Crippen LogP contribution in [0.15, 0.2) is 30.3 Å². The molecule has 0 spiro atoms. The lowest BCUT2D eigenvalue weighted by atomic mass is 9.93. The summed E-state index contributed by atoms with van der Waals surface area (Å²) in [4.78, 5) is 12.3. The van der Waals surface area contributed by atoms with Crippen LogP contribution in [0.1, 0.15) is 37.2 Å². The Morgan fingerprint density at radius 1 is 1.30 bits per heavy atom. The summed E-state index contributed by atoms with van der Waals surface area (Å²) in [7, 11) is 0. The minimum Gasteiger partial charge on any atom is -0.344 e. The Hall–Kier alpha value is -1.92. The molecule has 1 heterocycles. The van der Waals surface area contributed by atoms with Crippen LogP contribution < -0.4 is 11.1 Å². The molecular weight excluding hydrogens is 319 g/mol. The summed E-state index contributed by atoms with van der Waals surface area (Å²) in [6, 6.07) is 7.61. The van der Waals surface area contributed by atoms with Crippen molar-refractivity contribution in [1.29, 1.82) is 0 Å². The molecule has 0 saturated carbocycles. The lowest BCUT2D eigenvalue weighted by Gasteiger charge is -2.31. The highest BCUT2D eigenvalue weighted by Gasteiger charge is 2.27. The number of nitrogens with zero attached hydrogens (tertiary/aromatic N) is 1. The number of hydrogen-bond acceptors (Lipinski definition) is 3. The molecule has 0 aliphatic heterocycles. The van der Waals surface area contributed by atoms with E-state index in [1.165, 1.54) is 12.1 Å². The van der Waals surface area contributed by atoms with Crippen LogP contribution >= 0.6 is 12.4 Å². The van der Waals surface area contributed by atoms with Gasteiger partial charge in [-0.2, -0.15) is 5.10 Å². The van der Waals surface area contributed by atoms with Crippen molar-refractivity contribution in [3.05, 3.63) is 41.8 Å². The normalized spacial score (nSPS) is 11.0. The zero-order valence-electron chi connectivity index (χ0n) is 13.2. The Labute approximate surface area is 141 Å². The number of H-pyrrole nitrogens is 1. The maximum atomic E-state index is 12.9. The van der Waals surface area contributed by atoms with Crippen molar-refractivity contribution in [1.82, 2.24) is 15.5 Å². The van der Waals surface area contributed by atoms with E-state index in [0.717, 1.165) is 18.4 Å². The molecule has 0 aliphatic rings. The third kappa shape index (κ3) is 4.30. The summed E-state index contributed by atoms with van der Waals surface area (Å²) in [6.45, 7) is 4.37. The third-order valence-corrected chi connectivity index (χ3v) is 4.09. The zero-order chi connectivity index (χ0) is 16.2. The van der Waals surface area contributed by atoms with E-state index >= 15 is 0 Å². The molecular formula is C16H22ClFN4O. The minimum atomic E-state index is -0.405. The highest BCUT2D eigenvalue weighted by molar-refractivity contribution is 5.93. The van der Waals surface area contributed by atoms with Gasteiger partial charge in [-0.05, 0) is 43.2 Å². The van der Waals surface area contributed by atoms with E-state index in [-0.39, 0.29) is 24.1 Å². The zero-order valence-corrected chi connectivity index (χ0v) is 14.0. The highest BCUT2D eigenvalue weighted by Crippen LogP contribution is 2.19. The van der Waals surface area contributed by atoms with E-state index in [1.807, 2.05) is 13.8 Å². The number of benzene rings is 1. The molecule has 0 atom stereocenters. The molecule has 2 aromatic rings. The second kappa shape index (κ2) is 8.08. The molecule has 0 fully saturated rings. The molecule has 126 valence electrons. The first-order valence-electron chi connectivity index (χ1n) is 7.37. The Bertz CT molecular complexity index is 630. The Kier molecular flexibility index (Phi) is 6.72. The number of aromatic amines is 1. The maximum absolute atomic E-state index is 12.9. The third-order valence-electron chi connectivity index (χ3n) is 4.09. The van der Waals surface area contributed by atoms with E-state index in [2.05, 4.69) is 15.5 Å². The SMILES string of the molecule is CCC(CC)(CN)NC(=O)c1cc(-c2ccc(F)cc2)n[nH]1.Cl. The molecule has 0 unspecified atom stereocenters. The molecule has 23 heavy (non-hydrogen) atoms. The number of aromatic nitrogens is 2. The van der Waals surface area contributed by atoms with Crippen molar-refractivity contribution in [2.75, 3.05) is 6.54 Å². The summed E-state index contributed by atoms with van der Waals surface area (Å²) < 4.78 is 12.9. The summed E-state index contributed by atoms with van der Waals surface area (Å²) in [5.74, 6) is -0.550. The number of rotatable bonds is 6. The summed E-state index contributed by atoms with van der Waals surface area (Å²) >= 11 is 0. The average Bonchev–Trinajstić information content (AvgIpc) is 3.03. The van der Waals surface area contributed by atoms with Crippen molar-refractivity contribution in [3.8, 4) is 11.3 Å². The van der Waals surface area contributed by atoms with E-state index in [4.69, 9.17) is 5.73 Å². The van der Waals surface area contributed by atoms with Crippen molar-refractivity contribution < 1.29 is 9.18 Å². The molecule has 7 heteroatoms. The van der Waals surface area contributed by atoms with Crippen LogP contribution in [0.5, 0.6) is 0 Å². The minimum absolute atomic E-state index is 0. The number of carbonyl (C=O) groups is 1. The maximum Gasteiger partial charge on any atom is 0.269 e. The smallest absolute Gasteiger partial charge is 0.269 e. The molecule has 0 radical (unpaired) electrons. The first-order chi connectivity index (χ1) is 10.5. The van der Waals surface area contributed by atoms with E-state index in [0.29, 0.717) is 17.9 Å². The fourth-order valence-electron chi connectivity index (χ4n) is 2.28.